The average molecular weight is 436 g/mol. The monoisotopic (exact) mass is 436 g/mol. The standard InChI is InChI=1S/C21H23F3N4O3/c1-11(2)21(23,24)10-31-20-17(22)7-16(13(4)27-20)9-25-19(30)15-6-12(3)26-18(8-15)28-14(5)29/h6-8H,1,9-10H2,2-5H3,(H,25,30)(H,26,28,29). The normalized spacial score (nSPS) is 11.1. The molecule has 2 aromatic rings. The van der Waals surface area contributed by atoms with E-state index in [-0.39, 0.29) is 23.8 Å². The molecular formula is C21H23F3N4O3. The molecule has 0 unspecified atom stereocenters. The van der Waals surface area contributed by atoms with Crippen molar-refractivity contribution < 1.29 is 27.5 Å². The molecule has 0 aliphatic heterocycles. The number of hydrogen-bond donors (Lipinski definition) is 2. The summed E-state index contributed by atoms with van der Waals surface area (Å²) in [6, 6.07) is 4.01. The lowest BCUT2D eigenvalue weighted by Crippen LogP contribution is -2.27. The number of pyridine rings is 2. The number of carbonyl (C=O) groups is 2. The first kappa shape index (κ1) is 23.8. The van der Waals surface area contributed by atoms with Crippen LogP contribution < -0.4 is 15.4 Å². The third-order valence-corrected chi connectivity index (χ3v) is 4.21. The third kappa shape index (κ3) is 6.53. The molecule has 0 saturated carbocycles. The van der Waals surface area contributed by atoms with E-state index >= 15 is 0 Å². The Bertz CT molecular complexity index is 1030. The third-order valence-electron chi connectivity index (χ3n) is 4.21. The average Bonchev–Trinajstić information content (AvgIpc) is 2.65. The second-order valence-electron chi connectivity index (χ2n) is 7.04. The molecule has 166 valence electrons. The first-order chi connectivity index (χ1) is 14.4. The predicted molar refractivity (Wildman–Crippen MR) is 109 cm³/mol. The molecule has 0 bridgehead atoms. The number of ether oxygens (including phenoxy) is 1. The van der Waals surface area contributed by atoms with Crippen molar-refractivity contribution in [2.24, 2.45) is 0 Å². The number of halogens is 3. The maximum atomic E-state index is 14.3. The summed E-state index contributed by atoms with van der Waals surface area (Å²) in [4.78, 5) is 31.7. The van der Waals surface area contributed by atoms with Crippen LogP contribution in [0.4, 0.5) is 19.0 Å². The van der Waals surface area contributed by atoms with E-state index in [0.717, 1.165) is 13.0 Å². The summed E-state index contributed by atoms with van der Waals surface area (Å²) in [7, 11) is 0. The Morgan fingerprint density at radius 2 is 1.84 bits per heavy atom. The van der Waals surface area contributed by atoms with Crippen LogP contribution in [0.2, 0.25) is 0 Å². The molecule has 2 heterocycles. The number of aromatic nitrogens is 2. The van der Waals surface area contributed by atoms with E-state index in [9.17, 15) is 22.8 Å². The number of hydrogen-bond acceptors (Lipinski definition) is 5. The van der Waals surface area contributed by atoms with Crippen molar-refractivity contribution in [1.29, 1.82) is 0 Å². The van der Waals surface area contributed by atoms with Gasteiger partial charge in [-0.1, -0.05) is 6.58 Å². The lowest BCUT2D eigenvalue weighted by Gasteiger charge is -2.17. The fourth-order valence-corrected chi connectivity index (χ4v) is 2.48. The van der Waals surface area contributed by atoms with E-state index in [4.69, 9.17) is 4.74 Å². The van der Waals surface area contributed by atoms with Crippen molar-refractivity contribution in [2.45, 2.75) is 40.2 Å². The number of nitrogens with zero attached hydrogens (tertiary/aromatic N) is 2. The van der Waals surface area contributed by atoms with Crippen LogP contribution in [0.3, 0.4) is 0 Å². The van der Waals surface area contributed by atoms with Gasteiger partial charge in [-0.2, -0.15) is 8.78 Å². The minimum atomic E-state index is -3.31. The van der Waals surface area contributed by atoms with Crippen molar-refractivity contribution in [1.82, 2.24) is 15.3 Å². The summed E-state index contributed by atoms with van der Waals surface area (Å²) in [6.45, 7) is 7.70. The van der Waals surface area contributed by atoms with Crippen molar-refractivity contribution >= 4 is 17.6 Å². The first-order valence-corrected chi connectivity index (χ1v) is 9.26. The molecule has 31 heavy (non-hydrogen) atoms. The van der Waals surface area contributed by atoms with Gasteiger partial charge in [-0.15, -0.1) is 0 Å². The quantitative estimate of drug-likeness (QED) is 0.616. The highest BCUT2D eigenvalue weighted by molar-refractivity contribution is 5.96. The molecule has 0 saturated heterocycles. The number of aryl methyl sites for hydroxylation is 2. The van der Waals surface area contributed by atoms with Crippen LogP contribution in [0.5, 0.6) is 5.88 Å². The maximum absolute atomic E-state index is 14.3. The second kappa shape index (κ2) is 9.59. The topological polar surface area (TPSA) is 93.2 Å². The molecule has 0 fully saturated rings. The Balaban J connectivity index is 2.09. The molecule has 0 spiro atoms. The van der Waals surface area contributed by atoms with E-state index in [1.807, 2.05) is 0 Å². The second-order valence-corrected chi connectivity index (χ2v) is 7.04. The van der Waals surface area contributed by atoms with Gasteiger partial charge in [0, 0.05) is 30.4 Å². The van der Waals surface area contributed by atoms with Gasteiger partial charge in [-0.05, 0) is 50.1 Å². The summed E-state index contributed by atoms with van der Waals surface area (Å²) < 4.78 is 46.3. The van der Waals surface area contributed by atoms with Crippen LogP contribution in [-0.2, 0) is 11.3 Å². The van der Waals surface area contributed by atoms with Crippen molar-refractivity contribution in [3.05, 3.63) is 58.7 Å². The molecule has 2 N–H and O–H groups in total. The lowest BCUT2D eigenvalue weighted by molar-refractivity contribution is -0.114. The molecule has 0 aliphatic rings. The van der Waals surface area contributed by atoms with Gasteiger partial charge in [0.15, 0.2) is 12.4 Å². The summed E-state index contributed by atoms with van der Waals surface area (Å²) in [5, 5.41) is 5.13. The summed E-state index contributed by atoms with van der Waals surface area (Å²) in [5.74, 6) is -5.37. The molecule has 0 aromatic carbocycles. The van der Waals surface area contributed by atoms with Gasteiger partial charge in [-0.25, -0.2) is 14.4 Å². The zero-order chi connectivity index (χ0) is 23.3. The van der Waals surface area contributed by atoms with E-state index in [1.165, 1.54) is 26.0 Å². The predicted octanol–water partition coefficient (Wildman–Crippen LogP) is 3.71. The number of nitrogens with one attached hydrogen (secondary N) is 2. The molecule has 10 heteroatoms. The molecule has 0 atom stereocenters. The summed E-state index contributed by atoms with van der Waals surface area (Å²) in [5.41, 5.74) is 1.02. The number of amides is 2. The number of carbonyl (C=O) groups excluding carboxylic acids is 2. The van der Waals surface area contributed by atoms with Gasteiger partial charge in [-0.3, -0.25) is 9.59 Å². The summed E-state index contributed by atoms with van der Waals surface area (Å²) >= 11 is 0. The molecule has 2 aromatic heterocycles. The first-order valence-electron chi connectivity index (χ1n) is 9.26. The van der Waals surface area contributed by atoms with Crippen LogP contribution in [0.15, 0.2) is 30.4 Å². The van der Waals surface area contributed by atoms with Crippen molar-refractivity contribution in [3.63, 3.8) is 0 Å². The Hall–Kier alpha value is -3.43. The van der Waals surface area contributed by atoms with Gasteiger partial charge >= 0.3 is 5.92 Å². The SMILES string of the molecule is C=C(C)C(F)(F)COc1nc(C)c(CNC(=O)c2cc(C)nc(NC(C)=O)c2)cc1F. The molecule has 2 amide bonds. The molecular weight excluding hydrogens is 413 g/mol. The van der Waals surface area contributed by atoms with Gasteiger partial charge in [0.2, 0.25) is 5.91 Å². The Morgan fingerprint density at radius 3 is 2.45 bits per heavy atom. The smallest absolute Gasteiger partial charge is 0.302 e. The van der Waals surface area contributed by atoms with Gasteiger partial charge in [0.05, 0.1) is 0 Å². The molecule has 0 aliphatic carbocycles. The number of alkyl halides is 2. The van der Waals surface area contributed by atoms with Crippen LogP contribution in [0, 0.1) is 19.7 Å². The van der Waals surface area contributed by atoms with E-state index < -0.39 is 35.7 Å². The van der Waals surface area contributed by atoms with Crippen LogP contribution in [-0.4, -0.2) is 34.3 Å². The minimum absolute atomic E-state index is 0.0619. The fourth-order valence-electron chi connectivity index (χ4n) is 2.48. The fraction of sp³-hybridized carbons (Fsp3) is 0.333. The number of rotatable bonds is 8. The largest absolute Gasteiger partial charge is 0.469 e. The van der Waals surface area contributed by atoms with Crippen LogP contribution in [0.1, 0.15) is 41.2 Å². The summed E-state index contributed by atoms with van der Waals surface area (Å²) in [6.07, 6.45) is 0. The highest BCUT2D eigenvalue weighted by Gasteiger charge is 2.31. The van der Waals surface area contributed by atoms with E-state index in [2.05, 4.69) is 27.2 Å². The van der Waals surface area contributed by atoms with Crippen LogP contribution >= 0.6 is 0 Å². The van der Waals surface area contributed by atoms with Gasteiger partial charge < -0.3 is 15.4 Å². The van der Waals surface area contributed by atoms with Gasteiger partial charge in [0.25, 0.3) is 11.8 Å². The molecule has 7 nitrogen and oxygen atoms in total. The van der Waals surface area contributed by atoms with Crippen LogP contribution in [0.25, 0.3) is 0 Å². The highest BCUT2D eigenvalue weighted by atomic mass is 19.3. The maximum Gasteiger partial charge on any atom is 0.302 e. The zero-order valence-corrected chi connectivity index (χ0v) is 17.6. The van der Waals surface area contributed by atoms with E-state index in [1.54, 1.807) is 6.92 Å². The molecule has 2 rings (SSSR count). The Morgan fingerprint density at radius 1 is 1.16 bits per heavy atom. The molecule has 0 radical (unpaired) electrons. The van der Waals surface area contributed by atoms with E-state index in [0.29, 0.717) is 17.0 Å². The Kier molecular flexibility index (Phi) is 7.37. The number of anilines is 1. The minimum Gasteiger partial charge on any atom is -0.469 e. The highest BCUT2D eigenvalue weighted by Crippen LogP contribution is 2.25. The zero-order valence-electron chi connectivity index (χ0n) is 17.6. The lowest BCUT2D eigenvalue weighted by atomic mass is 10.1. The van der Waals surface area contributed by atoms with Crippen molar-refractivity contribution in [2.75, 3.05) is 11.9 Å². The van der Waals surface area contributed by atoms with Crippen molar-refractivity contribution in [3.8, 4) is 5.88 Å². The van der Waals surface area contributed by atoms with Gasteiger partial charge in [0.1, 0.15) is 5.82 Å². The Labute approximate surface area is 177 Å².